The van der Waals surface area contributed by atoms with Gasteiger partial charge in [-0.1, -0.05) is 63.2 Å². The third-order valence-electron chi connectivity index (χ3n) is 4.33. The van der Waals surface area contributed by atoms with Crippen molar-refractivity contribution in [2.75, 3.05) is 13.6 Å². The maximum atomic E-state index is 12.3. The quantitative estimate of drug-likeness (QED) is 0.860. The third-order valence-corrected chi connectivity index (χ3v) is 4.33. The number of carbonyl (C=O) groups is 2. The van der Waals surface area contributed by atoms with E-state index in [0.717, 1.165) is 5.56 Å². The Labute approximate surface area is 156 Å². The Morgan fingerprint density at radius 1 is 0.962 bits per heavy atom. The Hall–Kier alpha value is -2.62. The molecule has 0 atom stereocenters. The van der Waals surface area contributed by atoms with Gasteiger partial charge in [0.25, 0.3) is 5.91 Å². The molecule has 138 valence electrons. The molecule has 0 heterocycles. The van der Waals surface area contributed by atoms with Crippen molar-refractivity contribution in [2.24, 2.45) is 0 Å². The van der Waals surface area contributed by atoms with Gasteiger partial charge in [0.05, 0.1) is 0 Å². The molecule has 26 heavy (non-hydrogen) atoms. The van der Waals surface area contributed by atoms with Gasteiger partial charge >= 0.3 is 0 Å². The lowest BCUT2D eigenvalue weighted by atomic mass is 9.87. The Morgan fingerprint density at radius 3 is 2.15 bits per heavy atom. The molecule has 0 spiro atoms. The van der Waals surface area contributed by atoms with E-state index >= 15 is 0 Å². The van der Waals surface area contributed by atoms with Crippen molar-refractivity contribution in [3.05, 3.63) is 71.3 Å². The maximum Gasteiger partial charge on any atom is 0.251 e. The topological polar surface area (TPSA) is 49.4 Å². The van der Waals surface area contributed by atoms with Gasteiger partial charge in [-0.3, -0.25) is 9.59 Å². The summed E-state index contributed by atoms with van der Waals surface area (Å²) in [4.78, 5) is 25.9. The summed E-state index contributed by atoms with van der Waals surface area (Å²) in [7, 11) is 1.79. The molecule has 0 saturated heterocycles. The highest BCUT2D eigenvalue weighted by atomic mass is 16.2. The van der Waals surface area contributed by atoms with Crippen LogP contribution in [0.3, 0.4) is 0 Å². The molecule has 2 aromatic carbocycles. The molecule has 0 aliphatic carbocycles. The highest BCUT2D eigenvalue weighted by molar-refractivity contribution is 5.94. The molecule has 2 rings (SSSR count). The summed E-state index contributed by atoms with van der Waals surface area (Å²) < 4.78 is 0. The molecule has 0 fully saturated rings. The van der Waals surface area contributed by atoms with Gasteiger partial charge < -0.3 is 10.2 Å². The molecular weight excluding hydrogens is 324 g/mol. The molecule has 2 aromatic rings. The molecule has 0 bridgehead atoms. The molecule has 1 N–H and O–H groups in total. The smallest absolute Gasteiger partial charge is 0.251 e. The second kappa shape index (κ2) is 8.65. The Balaban J connectivity index is 1.79. The van der Waals surface area contributed by atoms with Crippen LogP contribution in [-0.4, -0.2) is 30.3 Å². The average molecular weight is 352 g/mol. The largest absolute Gasteiger partial charge is 0.352 e. The molecule has 0 aliphatic rings. The fourth-order valence-corrected chi connectivity index (χ4v) is 2.64. The van der Waals surface area contributed by atoms with E-state index in [9.17, 15) is 9.59 Å². The van der Waals surface area contributed by atoms with Crippen molar-refractivity contribution in [3.8, 4) is 0 Å². The molecule has 4 heteroatoms. The highest BCUT2D eigenvalue weighted by Crippen LogP contribution is 2.22. The van der Waals surface area contributed by atoms with Gasteiger partial charge in [-0.25, -0.2) is 0 Å². The monoisotopic (exact) mass is 352 g/mol. The van der Waals surface area contributed by atoms with Crippen LogP contribution in [-0.2, 0) is 16.8 Å². The van der Waals surface area contributed by atoms with E-state index in [1.165, 1.54) is 5.56 Å². The van der Waals surface area contributed by atoms with Crippen LogP contribution in [0.15, 0.2) is 54.6 Å². The van der Waals surface area contributed by atoms with Crippen molar-refractivity contribution in [1.29, 1.82) is 0 Å². The first kappa shape index (κ1) is 19.7. The first-order chi connectivity index (χ1) is 12.3. The van der Waals surface area contributed by atoms with E-state index in [0.29, 0.717) is 18.7 Å². The average Bonchev–Trinajstić information content (AvgIpc) is 2.62. The first-order valence-electron chi connectivity index (χ1n) is 8.94. The lowest BCUT2D eigenvalue weighted by Gasteiger charge is -2.21. The zero-order valence-corrected chi connectivity index (χ0v) is 16.1. The minimum atomic E-state index is -0.154. The van der Waals surface area contributed by atoms with Crippen molar-refractivity contribution in [3.63, 3.8) is 0 Å². The Bertz CT molecular complexity index is 731. The summed E-state index contributed by atoms with van der Waals surface area (Å²) in [5.41, 5.74) is 3.10. The summed E-state index contributed by atoms with van der Waals surface area (Å²) in [5.74, 6) is -0.142. The van der Waals surface area contributed by atoms with Crippen molar-refractivity contribution < 1.29 is 9.59 Å². The van der Waals surface area contributed by atoms with Gasteiger partial charge in [0.1, 0.15) is 0 Å². The third kappa shape index (κ3) is 5.73. The first-order valence-corrected chi connectivity index (χ1v) is 8.94. The number of rotatable bonds is 6. The lowest BCUT2D eigenvalue weighted by molar-refractivity contribution is -0.130. The number of benzene rings is 2. The summed E-state index contributed by atoms with van der Waals surface area (Å²) in [6.45, 7) is 7.44. The standard InChI is InChI=1S/C22H28N2O2/c1-22(2,3)19-12-10-17(11-13-19)16-24(4)20(25)14-15-23-21(26)18-8-6-5-7-9-18/h5-13H,14-16H2,1-4H3,(H,23,26). The number of hydrogen-bond donors (Lipinski definition) is 1. The summed E-state index contributed by atoms with van der Waals surface area (Å²) in [6.07, 6.45) is 0.287. The van der Waals surface area contributed by atoms with Gasteiger partial charge in [-0.15, -0.1) is 0 Å². The van der Waals surface area contributed by atoms with Crippen molar-refractivity contribution in [1.82, 2.24) is 10.2 Å². The molecule has 0 aromatic heterocycles. The second-order valence-electron chi connectivity index (χ2n) is 7.57. The van der Waals surface area contributed by atoms with Crippen LogP contribution in [0, 0.1) is 0 Å². The number of nitrogens with zero attached hydrogens (tertiary/aromatic N) is 1. The molecule has 0 saturated carbocycles. The molecule has 0 aliphatic heterocycles. The fourth-order valence-electron chi connectivity index (χ4n) is 2.64. The Morgan fingerprint density at radius 2 is 1.58 bits per heavy atom. The second-order valence-corrected chi connectivity index (χ2v) is 7.57. The lowest BCUT2D eigenvalue weighted by Crippen LogP contribution is -2.31. The normalized spacial score (nSPS) is 11.1. The van der Waals surface area contributed by atoms with Gasteiger partial charge in [0.2, 0.25) is 5.91 Å². The minimum Gasteiger partial charge on any atom is -0.352 e. The predicted octanol–water partition coefficient (Wildman–Crippen LogP) is 3.76. The van der Waals surface area contributed by atoms with E-state index in [2.05, 4.69) is 50.4 Å². The summed E-state index contributed by atoms with van der Waals surface area (Å²) >= 11 is 0. The van der Waals surface area contributed by atoms with Gasteiger partial charge in [0, 0.05) is 32.1 Å². The van der Waals surface area contributed by atoms with E-state index < -0.39 is 0 Å². The zero-order valence-electron chi connectivity index (χ0n) is 16.1. The molecule has 0 unspecified atom stereocenters. The van der Waals surface area contributed by atoms with Crippen LogP contribution in [0.25, 0.3) is 0 Å². The van der Waals surface area contributed by atoms with E-state index in [1.807, 2.05) is 18.2 Å². The van der Waals surface area contributed by atoms with Crippen LogP contribution in [0.4, 0.5) is 0 Å². The van der Waals surface area contributed by atoms with Crippen molar-refractivity contribution in [2.45, 2.75) is 39.2 Å². The van der Waals surface area contributed by atoms with E-state index in [-0.39, 0.29) is 23.7 Å². The zero-order chi connectivity index (χ0) is 19.2. The number of hydrogen-bond acceptors (Lipinski definition) is 2. The number of carbonyl (C=O) groups excluding carboxylic acids is 2. The van der Waals surface area contributed by atoms with E-state index in [1.54, 1.807) is 24.1 Å². The van der Waals surface area contributed by atoms with Crippen LogP contribution in [0.2, 0.25) is 0 Å². The fraction of sp³-hybridized carbons (Fsp3) is 0.364. The summed E-state index contributed by atoms with van der Waals surface area (Å²) in [5, 5.41) is 2.79. The van der Waals surface area contributed by atoms with Crippen molar-refractivity contribution >= 4 is 11.8 Å². The van der Waals surface area contributed by atoms with Crippen LogP contribution < -0.4 is 5.32 Å². The van der Waals surface area contributed by atoms with Crippen LogP contribution in [0.5, 0.6) is 0 Å². The SMILES string of the molecule is CN(Cc1ccc(C(C)(C)C)cc1)C(=O)CCNC(=O)c1ccccc1. The van der Waals surface area contributed by atoms with Gasteiger partial charge in [-0.2, -0.15) is 0 Å². The van der Waals surface area contributed by atoms with Gasteiger partial charge in [-0.05, 0) is 28.7 Å². The maximum absolute atomic E-state index is 12.3. The molecule has 4 nitrogen and oxygen atoms in total. The Kier molecular flexibility index (Phi) is 6.56. The number of nitrogens with one attached hydrogen (secondary N) is 1. The molecular formula is C22H28N2O2. The highest BCUT2D eigenvalue weighted by Gasteiger charge is 2.14. The minimum absolute atomic E-state index is 0.0123. The van der Waals surface area contributed by atoms with Gasteiger partial charge in [0.15, 0.2) is 0 Å². The molecule has 0 radical (unpaired) electrons. The predicted molar refractivity (Wildman–Crippen MR) is 105 cm³/mol. The van der Waals surface area contributed by atoms with Crippen LogP contribution in [0.1, 0.15) is 48.7 Å². The van der Waals surface area contributed by atoms with E-state index in [4.69, 9.17) is 0 Å². The summed E-state index contributed by atoms with van der Waals surface area (Å²) in [6, 6.07) is 17.4. The van der Waals surface area contributed by atoms with Crippen LogP contribution >= 0.6 is 0 Å². The number of amides is 2. The molecule has 2 amide bonds.